The second-order valence-electron chi connectivity index (χ2n) is 6.66. The van der Waals surface area contributed by atoms with Crippen molar-refractivity contribution in [2.45, 2.75) is 11.3 Å². The van der Waals surface area contributed by atoms with E-state index in [1.165, 1.54) is 23.7 Å². The number of amides is 1. The molecule has 0 atom stereocenters. The highest BCUT2D eigenvalue weighted by Crippen LogP contribution is 2.32. The highest BCUT2D eigenvalue weighted by Gasteiger charge is 2.23. The fourth-order valence-electron chi connectivity index (χ4n) is 2.98. The smallest absolute Gasteiger partial charge is 0.261 e. The van der Waals surface area contributed by atoms with E-state index in [4.69, 9.17) is 11.6 Å². The molecule has 0 aliphatic rings. The van der Waals surface area contributed by atoms with E-state index in [0.717, 1.165) is 4.88 Å². The van der Waals surface area contributed by atoms with Gasteiger partial charge in [0.15, 0.2) is 15.0 Å². The van der Waals surface area contributed by atoms with E-state index in [-0.39, 0.29) is 10.8 Å². The molecule has 0 aliphatic heterocycles. The molecule has 4 aromatic rings. The van der Waals surface area contributed by atoms with Gasteiger partial charge in [0.25, 0.3) is 5.91 Å². The maximum atomic E-state index is 13.3. The Kier molecular flexibility index (Phi) is 5.92. The summed E-state index contributed by atoms with van der Waals surface area (Å²) in [5, 5.41) is 2.89. The monoisotopic (exact) mass is 476 g/mol. The summed E-state index contributed by atoms with van der Waals surface area (Å²) in [5.74, 6) is -0.237. The first kappa shape index (κ1) is 21.0. The Balaban J connectivity index is 1.74. The molecule has 154 valence electrons. The maximum Gasteiger partial charge on any atom is 0.261 e. The number of carbonyl (C=O) groups excluding carboxylic acids is 1. The highest BCUT2D eigenvalue weighted by atomic mass is 35.5. The zero-order valence-electron chi connectivity index (χ0n) is 15.9. The molecule has 2 heterocycles. The van der Waals surface area contributed by atoms with Crippen molar-refractivity contribution in [3.8, 4) is 0 Å². The maximum absolute atomic E-state index is 13.3. The minimum absolute atomic E-state index is 0.229. The third kappa shape index (κ3) is 4.41. The number of carbonyl (C=O) groups is 1. The predicted molar refractivity (Wildman–Crippen MR) is 124 cm³/mol. The number of sulfone groups is 1. The van der Waals surface area contributed by atoms with Crippen LogP contribution >= 0.6 is 34.3 Å². The third-order valence-electron chi connectivity index (χ3n) is 4.52. The molecular formula is C21H17ClN2O3S3. The van der Waals surface area contributed by atoms with Crippen molar-refractivity contribution in [1.82, 2.24) is 4.98 Å². The number of nitrogens with zero attached hydrogens (tertiary/aromatic N) is 2. The molecule has 0 aliphatic carbocycles. The molecule has 0 unspecified atom stereocenters. The summed E-state index contributed by atoms with van der Waals surface area (Å²) in [6.45, 7) is 0.434. The molecule has 9 heteroatoms. The van der Waals surface area contributed by atoms with Crippen LogP contribution in [0.1, 0.15) is 15.2 Å². The first-order valence-electron chi connectivity index (χ1n) is 9.02. The topological polar surface area (TPSA) is 67.3 Å². The van der Waals surface area contributed by atoms with Crippen molar-refractivity contribution in [3.63, 3.8) is 0 Å². The lowest BCUT2D eigenvalue weighted by atomic mass is 10.2. The van der Waals surface area contributed by atoms with Crippen LogP contribution in [0.3, 0.4) is 0 Å². The van der Waals surface area contributed by atoms with Gasteiger partial charge in [0.1, 0.15) is 0 Å². The molecule has 0 spiro atoms. The molecule has 2 aromatic carbocycles. The summed E-state index contributed by atoms with van der Waals surface area (Å²) in [6.07, 6.45) is 1.85. The summed E-state index contributed by atoms with van der Waals surface area (Å²) < 4.78 is 24.5. The number of benzene rings is 2. The first-order valence-corrected chi connectivity index (χ1v) is 13.0. The quantitative estimate of drug-likeness (QED) is 0.378. The molecule has 0 radical (unpaired) electrons. The largest absolute Gasteiger partial charge is 0.284 e. The summed E-state index contributed by atoms with van der Waals surface area (Å²) in [5.41, 5.74) is 1.05. The zero-order chi connectivity index (χ0) is 21.3. The number of hydrogen-bond donors (Lipinski definition) is 0. The van der Waals surface area contributed by atoms with Crippen LogP contribution in [0.5, 0.6) is 0 Å². The summed E-state index contributed by atoms with van der Waals surface area (Å²) in [6, 6.07) is 15.7. The normalized spacial score (nSPS) is 11.7. The lowest BCUT2D eigenvalue weighted by molar-refractivity contribution is 0.0987. The van der Waals surface area contributed by atoms with E-state index in [1.54, 1.807) is 52.6 Å². The van der Waals surface area contributed by atoms with Gasteiger partial charge in [-0.3, -0.25) is 9.69 Å². The Morgan fingerprint density at radius 2 is 1.93 bits per heavy atom. The molecular weight excluding hydrogens is 460 g/mol. The van der Waals surface area contributed by atoms with E-state index < -0.39 is 9.84 Å². The average molecular weight is 477 g/mol. The number of hydrogen-bond acceptors (Lipinski definition) is 6. The second-order valence-corrected chi connectivity index (χ2v) is 11.1. The number of anilines is 1. The molecule has 1 amide bonds. The van der Waals surface area contributed by atoms with Crippen molar-refractivity contribution >= 4 is 65.4 Å². The lowest BCUT2D eigenvalue weighted by Gasteiger charge is -2.20. The zero-order valence-corrected chi connectivity index (χ0v) is 19.1. The Morgan fingerprint density at radius 1 is 1.13 bits per heavy atom. The van der Waals surface area contributed by atoms with Gasteiger partial charge >= 0.3 is 0 Å². The van der Waals surface area contributed by atoms with Gasteiger partial charge in [-0.1, -0.05) is 41.1 Å². The van der Waals surface area contributed by atoms with Crippen LogP contribution < -0.4 is 4.90 Å². The van der Waals surface area contributed by atoms with Crippen molar-refractivity contribution in [2.75, 3.05) is 17.7 Å². The molecule has 5 nitrogen and oxygen atoms in total. The van der Waals surface area contributed by atoms with Crippen LogP contribution in [-0.2, 0) is 16.3 Å². The van der Waals surface area contributed by atoms with E-state index in [9.17, 15) is 13.2 Å². The van der Waals surface area contributed by atoms with Gasteiger partial charge in [-0.15, -0.1) is 11.3 Å². The average Bonchev–Trinajstić information content (AvgIpc) is 3.36. The minimum Gasteiger partial charge on any atom is -0.284 e. The minimum atomic E-state index is -3.33. The number of aromatic nitrogens is 1. The predicted octanol–water partition coefficient (Wildman–Crippen LogP) is 5.30. The van der Waals surface area contributed by atoms with E-state index >= 15 is 0 Å². The highest BCUT2D eigenvalue weighted by molar-refractivity contribution is 7.90. The first-order chi connectivity index (χ1) is 14.3. The van der Waals surface area contributed by atoms with Crippen molar-refractivity contribution < 1.29 is 13.2 Å². The van der Waals surface area contributed by atoms with Crippen LogP contribution in [0.2, 0.25) is 5.02 Å². The van der Waals surface area contributed by atoms with E-state index in [2.05, 4.69) is 4.98 Å². The van der Waals surface area contributed by atoms with Crippen LogP contribution in [0.4, 0.5) is 5.13 Å². The molecule has 4 rings (SSSR count). The molecule has 0 fully saturated rings. The number of rotatable bonds is 6. The van der Waals surface area contributed by atoms with Gasteiger partial charge in [0, 0.05) is 17.7 Å². The molecule has 0 saturated carbocycles. The Hall–Kier alpha value is -2.26. The molecule has 2 aromatic heterocycles. The van der Waals surface area contributed by atoms with Crippen molar-refractivity contribution in [2.24, 2.45) is 0 Å². The SMILES string of the molecule is CS(=O)(=O)c1ccc2nc(N(CCc3cccs3)C(=O)c3ccccc3Cl)sc2c1. The van der Waals surface area contributed by atoms with Gasteiger partial charge in [-0.05, 0) is 48.2 Å². The van der Waals surface area contributed by atoms with E-state index in [1.807, 2.05) is 17.5 Å². The fraction of sp³-hybridized carbons (Fsp3) is 0.143. The Morgan fingerprint density at radius 3 is 2.63 bits per heavy atom. The molecule has 30 heavy (non-hydrogen) atoms. The van der Waals surface area contributed by atoms with Crippen molar-refractivity contribution in [3.05, 3.63) is 75.4 Å². The number of halogens is 1. The number of fused-ring (bicyclic) bond motifs is 1. The summed E-state index contributed by atoms with van der Waals surface area (Å²) in [7, 11) is -3.33. The van der Waals surface area contributed by atoms with Gasteiger partial charge in [-0.2, -0.15) is 0 Å². The Labute approximate surface area is 187 Å². The van der Waals surface area contributed by atoms with E-state index in [0.29, 0.717) is 38.9 Å². The lowest BCUT2D eigenvalue weighted by Crippen LogP contribution is -2.33. The van der Waals surface area contributed by atoms with Gasteiger partial charge in [0.2, 0.25) is 0 Å². The van der Waals surface area contributed by atoms with Crippen molar-refractivity contribution in [1.29, 1.82) is 0 Å². The number of thiophene rings is 1. The molecule has 0 bridgehead atoms. The fourth-order valence-corrected chi connectivity index (χ4v) is 5.65. The van der Waals surface area contributed by atoms with Crippen LogP contribution in [0.25, 0.3) is 10.2 Å². The van der Waals surface area contributed by atoms with Gasteiger partial charge in [-0.25, -0.2) is 13.4 Å². The van der Waals surface area contributed by atoms with Gasteiger partial charge in [0.05, 0.1) is 25.7 Å². The molecule has 0 saturated heterocycles. The third-order valence-corrected chi connectivity index (χ3v) is 7.94. The number of thiazole rings is 1. The molecule has 0 N–H and O–H groups in total. The standard InChI is InChI=1S/C21H17ClN2O3S3/c1-30(26,27)15-8-9-18-19(13-15)29-21(23-18)24(11-10-14-5-4-12-28-14)20(25)16-6-2-3-7-17(16)22/h2-9,12-13H,10-11H2,1H3. The summed E-state index contributed by atoms with van der Waals surface area (Å²) in [4.78, 5) is 21.0. The van der Waals surface area contributed by atoms with Crippen LogP contribution in [-0.4, -0.2) is 32.1 Å². The van der Waals surface area contributed by atoms with Gasteiger partial charge < -0.3 is 0 Å². The second kappa shape index (κ2) is 8.47. The summed E-state index contributed by atoms with van der Waals surface area (Å²) >= 11 is 9.20. The Bertz CT molecular complexity index is 1310. The van der Waals surface area contributed by atoms with Crippen LogP contribution in [0.15, 0.2) is 64.9 Å². The van der Waals surface area contributed by atoms with Crippen LogP contribution in [0, 0.1) is 0 Å².